The molecule has 1 rings (SSSR count). The second-order valence-electron chi connectivity index (χ2n) is 3.25. The van der Waals surface area contributed by atoms with Gasteiger partial charge in [0.15, 0.2) is 5.76 Å². The van der Waals surface area contributed by atoms with Gasteiger partial charge in [0.2, 0.25) is 0 Å². The van der Waals surface area contributed by atoms with Crippen molar-refractivity contribution >= 4 is 5.91 Å². The molecule has 1 amide bonds. The molecule has 0 atom stereocenters. The first-order valence-corrected chi connectivity index (χ1v) is 4.66. The van der Waals surface area contributed by atoms with Gasteiger partial charge < -0.3 is 14.6 Å². The second kappa shape index (κ2) is 4.81. The fraction of sp³-hybridized carbons (Fsp3) is 0.500. The summed E-state index contributed by atoms with van der Waals surface area (Å²) in [5, 5.41) is 3.13. The molecule has 0 aliphatic carbocycles. The predicted octanol–water partition coefficient (Wildman–Crippen LogP) is 1.09. The van der Waals surface area contributed by atoms with Gasteiger partial charge in [0.25, 0.3) is 5.91 Å². The van der Waals surface area contributed by atoms with Gasteiger partial charge in [-0.3, -0.25) is 4.79 Å². The smallest absolute Gasteiger partial charge is 0.289 e. The summed E-state index contributed by atoms with van der Waals surface area (Å²) in [4.78, 5) is 12.9. The highest BCUT2D eigenvalue weighted by atomic mass is 16.4. The maximum Gasteiger partial charge on any atom is 0.289 e. The van der Waals surface area contributed by atoms with Crippen molar-refractivity contribution < 1.29 is 9.21 Å². The Morgan fingerprint density at radius 3 is 2.79 bits per heavy atom. The van der Waals surface area contributed by atoms with Crippen molar-refractivity contribution in [3.05, 3.63) is 23.7 Å². The molecule has 0 radical (unpaired) electrons. The van der Waals surface area contributed by atoms with Crippen LogP contribution in [0.5, 0.6) is 0 Å². The number of nitrogens with one attached hydrogen (secondary N) is 1. The minimum absolute atomic E-state index is 0.104. The molecule has 0 aliphatic rings. The van der Waals surface area contributed by atoms with Crippen LogP contribution in [0.1, 0.15) is 23.2 Å². The number of amides is 1. The molecule has 14 heavy (non-hydrogen) atoms. The summed E-state index contributed by atoms with van der Waals surface area (Å²) >= 11 is 0. The molecule has 4 heteroatoms. The molecule has 4 nitrogen and oxygen atoms in total. The number of hydrogen-bond donors (Lipinski definition) is 1. The minimum atomic E-state index is -0.104. The molecule has 1 heterocycles. The van der Waals surface area contributed by atoms with E-state index in [1.807, 2.05) is 13.0 Å². The average Bonchev–Trinajstić information content (AvgIpc) is 2.61. The maximum atomic E-state index is 11.4. The summed E-state index contributed by atoms with van der Waals surface area (Å²) in [5.41, 5.74) is 0. The molecule has 1 aromatic rings. The molecule has 0 bridgehead atoms. The summed E-state index contributed by atoms with van der Waals surface area (Å²) in [6.45, 7) is 3.57. The van der Waals surface area contributed by atoms with E-state index < -0.39 is 0 Å². The van der Waals surface area contributed by atoms with Gasteiger partial charge in [0.1, 0.15) is 5.76 Å². The first kappa shape index (κ1) is 10.8. The first-order valence-electron chi connectivity index (χ1n) is 4.66. The summed E-state index contributed by atoms with van der Waals surface area (Å²) in [6, 6.07) is 3.52. The Kier molecular flexibility index (Phi) is 3.71. The highest BCUT2D eigenvalue weighted by Crippen LogP contribution is 2.09. The van der Waals surface area contributed by atoms with Crippen molar-refractivity contribution in [1.82, 2.24) is 10.2 Å². The number of rotatable bonds is 4. The molecular weight excluding hydrogens is 180 g/mol. The third kappa shape index (κ3) is 2.60. The van der Waals surface area contributed by atoms with E-state index in [-0.39, 0.29) is 5.91 Å². The lowest BCUT2D eigenvalue weighted by Crippen LogP contribution is -2.21. The molecule has 0 saturated carbocycles. The van der Waals surface area contributed by atoms with Crippen LogP contribution >= 0.6 is 0 Å². The monoisotopic (exact) mass is 196 g/mol. The first-order chi connectivity index (χ1) is 6.65. The van der Waals surface area contributed by atoms with E-state index >= 15 is 0 Å². The highest BCUT2D eigenvalue weighted by molar-refractivity contribution is 5.91. The SMILES string of the molecule is CCNCc1ccc(C(=O)N(C)C)o1. The minimum Gasteiger partial charge on any atom is -0.455 e. The third-order valence-corrected chi connectivity index (χ3v) is 1.83. The van der Waals surface area contributed by atoms with E-state index in [0.717, 1.165) is 12.3 Å². The standard InChI is InChI=1S/C10H16N2O2/c1-4-11-7-8-5-6-9(14-8)10(13)12(2)3/h5-6,11H,4,7H2,1-3H3. The topological polar surface area (TPSA) is 45.5 Å². The van der Waals surface area contributed by atoms with Gasteiger partial charge in [0, 0.05) is 14.1 Å². The zero-order chi connectivity index (χ0) is 10.6. The van der Waals surface area contributed by atoms with Gasteiger partial charge >= 0.3 is 0 Å². The normalized spacial score (nSPS) is 10.2. The van der Waals surface area contributed by atoms with E-state index in [1.54, 1.807) is 20.2 Å². The van der Waals surface area contributed by atoms with Gasteiger partial charge in [0.05, 0.1) is 6.54 Å². The summed E-state index contributed by atoms with van der Waals surface area (Å²) in [7, 11) is 3.41. The van der Waals surface area contributed by atoms with Crippen LogP contribution in [0.2, 0.25) is 0 Å². The van der Waals surface area contributed by atoms with Crippen molar-refractivity contribution in [2.75, 3.05) is 20.6 Å². The number of hydrogen-bond acceptors (Lipinski definition) is 3. The quantitative estimate of drug-likeness (QED) is 0.784. The Labute approximate surface area is 83.9 Å². The van der Waals surface area contributed by atoms with E-state index in [0.29, 0.717) is 12.3 Å². The Bertz CT molecular complexity index is 305. The zero-order valence-corrected chi connectivity index (χ0v) is 8.83. The van der Waals surface area contributed by atoms with Gasteiger partial charge in [-0.2, -0.15) is 0 Å². The third-order valence-electron chi connectivity index (χ3n) is 1.83. The van der Waals surface area contributed by atoms with E-state index in [4.69, 9.17) is 4.42 Å². The zero-order valence-electron chi connectivity index (χ0n) is 8.83. The second-order valence-corrected chi connectivity index (χ2v) is 3.25. The van der Waals surface area contributed by atoms with Crippen molar-refractivity contribution in [3.63, 3.8) is 0 Å². The van der Waals surface area contributed by atoms with Crippen LogP contribution in [-0.4, -0.2) is 31.4 Å². The van der Waals surface area contributed by atoms with Crippen LogP contribution in [0.25, 0.3) is 0 Å². The molecular formula is C10H16N2O2. The summed E-state index contributed by atoms with van der Waals surface area (Å²) < 4.78 is 5.36. The lowest BCUT2D eigenvalue weighted by molar-refractivity contribution is 0.0794. The number of nitrogens with zero attached hydrogens (tertiary/aromatic N) is 1. The molecule has 0 spiro atoms. The van der Waals surface area contributed by atoms with Gasteiger partial charge in [-0.1, -0.05) is 6.92 Å². The lowest BCUT2D eigenvalue weighted by Gasteiger charge is -2.06. The predicted molar refractivity (Wildman–Crippen MR) is 54.1 cm³/mol. The molecule has 0 aliphatic heterocycles. The van der Waals surface area contributed by atoms with Crippen molar-refractivity contribution in [2.24, 2.45) is 0 Å². The van der Waals surface area contributed by atoms with Crippen LogP contribution in [0, 0.1) is 0 Å². The molecule has 0 unspecified atom stereocenters. The highest BCUT2D eigenvalue weighted by Gasteiger charge is 2.12. The maximum absolute atomic E-state index is 11.4. The Morgan fingerprint density at radius 1 is 1.50 bits per heavy atom. The molecule has 0 aromatic carbocycles. The van der Waals surface area contributed by atoms with Crippen LogP contribution in [0.3, 0.4) is 0 Å². The van der Waals surface area contributed by atoms with Gasteiger partial charge in [-0.05, 0) is 18.7 Å². The van der Waals surface area contributed by atoms with Crippen LogP contribution in [0.4, 0.5) is 0 Å². The van der Waals surface area contributed by atoms with Crippen molar-refractivity contribution in [3.8, 4) is 0 Å². The fourth-order valence-corrected chi connectivity index (χ4v) is 1.06. The van der Waals surface area contributed by atoms with E-state index in [2.05, 4.69) is 5.32 Å². The van der Waals surface area contributed by atoms with E-state index in [1.165, 1.54) is 4.90 Å². The molecule has 0 saturated heterocycles. The lowest BCUT2D eigenvalue weighted by atomic mass is 10.4. The van der Waals surface area contributed by atoms with Crippen LogP contribution < -0.4 is 5.32 Å². The largest absolute Gasteiger partial charge is 0.455 e. The number of furan rings is 1. The van der Waals surface area contributed by atoms with Crippen LogP contribution in [-0.2, 0) is 6.54 Å². The molecule has 1 aromatic heterocycles. The van der Waals surface area contributed by atoms with Crippen molar-refractivity contribution in [2.45, 2.75) is 13.5 Å². The van der Waals surface area contributed by atoms with E-state index in [9.17, 15) is 4.79 Å². The average molecular weight is 196 g/mol. The van der Waals surface area contributed by atoms with Crippen LogP contribution in [0.15, 0.2) is 16.5 Å². The Hall–Kier alpha value is -1.29. The summed E-state index contributed by atoms with van der Waals surface area (Å²) in [6.07, 6.45) is 0. The number of carbonyl (C=O) groups excluding carboxylic acids is 1. The number of carbonyl (C=O) groups is 1. The van der Waals surface area contributed by atoms with Crippen molar-refractivity contribution in [1.29, 1.82) is 0 Å². The summed E-state index contributed by atoms with van der Waals surface area (Å²) in [5.74, 6) is 1.08. The van der Waals surface area contributed by atoms with Gasteiger partial charge in [-0.15, -0.1) is 0 Å². The molecule has 78 valence electrons. The fourth-order valence-electron chi connectivity index (χ4n) is 1.06. The Morgan fingerprint density at radius 2 is 2.21 bits per heavy atom. The molecule has 1 N–H and O–H groups in total. The Balaban J connectivity index is 2.63. The molecule has 0 fully saturated rings. The van der Waals surface area contributed by atoms with Gasteiger partial charge in [-0.25, -0.2) is 0 Å².